The van der Waals surface area contributed by atoms with Gasteiger partial charge >= 0.3 is 0 Å². The molecule has 0 aliphatic carbocycles. The highest BCUT2D eigenvalue weighted by molar-refractivity contribution is 5.92. The lowest BCUT2D eigenvalue weighted by Gasteiger charge is -2.09. The molecule has 1 aromatic rings. The molecule has 0 spiro atoms. The Morgan fingerprint density at radius 3 is 2.62 bits per heavy atom. The van der Waals surface area contributed by atoms with Crippen LogP contribution in [0.4, 0.5) is 0 Å². The molecular formula is C8H11N3O2. The zero-order valence-corrected chi connectivity index (χ0v) is 7.52. The highest BCUT2D eigenvalue weighted by Crippen LogP contribution is 2.11. The Hall–Kier alpha value is -1.65. The lowest BCUT2D eigenvalue weighted by molar-refractivity contribution is 0.0987. The van der Waals surface area contributed by atoms with Gasteiger partial charge in [0, 0.05) is 12.4 Å². The van der Waals surface area contributed by atoms with Crippen LogP contribution in [0.3, 0.4) is 0 Å². The quantitative estimate of drug-likeness (QED) is 0.730. The monoisotopic (exact) mass is 181 g/mol. The van der Waals surface area contributed by atoms with Crippen LogP contribution in [0, 0.1) is 0 Å². The van der Waals surface area contributed by atoms with Crippen LogP contribution in [-0.4, -0.2) is 22.0 Å². The second kappa shape index (κ2) is 3.84. The highest BCUT2D eigenvalue weighted by atomic mass is 16.5. The van der Waals surface area contributed by atoms with Crippen molar-refractivity contribution >= 4 is 5.91 Å². The van der Waals surface area contributed by atoms with Crippen LogP contribution >= 0.6 is 0 Å². The third kappa shape index (κ3) is 2.40. The topological polar surface area (TPSA) is 78.1 Å². The fraction of sp³-hybridized carbons (Fsp3) is 0.375. The van der Waals surface area contributed by atoms with Gasteiger partial charge in [0.1, 0.15) is 0 Å². The van der Waals surface area contributed by atoms with Crippen LogP contribution in [0.5, 0.6) is 5.88 Å². The Labute approximate surface area is 75.9 Å². The molecule has 0 aliphatic heterocycles. The van der Waals surface area contributed by atoms with Gasteiger partial charge in [-0.1, -0.05) is 0 Å². The number of nitrogens with zero attached hydrogens (tertiary/aromatic N) is 2. The third-order valence-corrected chi connectivity index (χ3v) is 1.25. The maximum absolute atomic E-state index is 10.8. The van der Waals surface area contributed by atoms with Gasteiger partial charge in [0.15, 0.2) is 5.69 Å². The van der Waals surface area contributed by atoms with Crippen molar-refractivity contribution in [2.24, 2.45) is 5.73 Å². The van der Waals surface area contributed by atoms with Gasteiger partial charge in [-0.15, -0.1) is 0 Å². The maximum atomic E-state index is 10.8. The molecule has 1 aromatic heterocycles. The standard InChI is InChI=1S/C8H11N3O2/c1-5(2)13-8-6(7(9)12)10-3-4-11-8/h3-5H,1-2H3,(H2,9,12). The Kier molecular flexibility index (Phi) is 2.79. The van der Waals surface area contributed by atoms with E-state index < -0.39 is 5.91 Å². The van der Waals surface area contributed by atoms with E-state index in [4.69, 9.17) is 10.5 Å². The Morgan fingerprint density at radius 1 is 1.46 bits per heavy atom. The summed E-state index contributed by atoms with van der Waals surface area (Å²) in [5, 5.41) is 0. The first-order chi connectivity index (χ1) is 6.11. The van der Waals surface area contributed by atoms with Gasteiger partial charge in [-0.25, -0.2) is 9.97 Å². The summed E-state index contributed by atoms with van der Waals surface area (Å²) >= 11 is 0. The largest absolute Gasteiger partial charge is 0.473 e. The van der Waals surface area contributed by atoms with E-state index in [0.717, 1.165) is 0 Å². The summed E-state index contributed by atoms with van der Waals surface area (Å²) in [5.41, 5.74) is 5.13. The number of rotatable bonds is 3. The number of carbonyl (C=O) groups excluding carboxylic acids is 1. The minimum atomic E-state index is -0.635. The van der Waals surface area contributed by atoms with Gasteiger partial charge in [0.2, 0.25) is 5.88 Å². The van der Waals surface area contributed by atoms with Crippen molar-refractivity contribution in [3.63, 3.8) is 0 Å². The van der Waals surface area contributed by atoms with Crippen LogP contribution in [0.2, 0.25) is 0 Å². The molecule has 0 unspecified atom stereocenters. The first kappa shape index (κ1) is 9.44. The van der Waals surface area contributed by atoms with E-state index in [1.165, 1.54) is 12.4 Å². The van der Waals surface area contributed by atoms with Gasteiger partial charge in [-0.2, -0.15) is 0 Å². The minimum absolute atomic E-state index is 0.0604. The molecule has 13 heavy (non-hydrogen) atoms. The average molecular weight is 181 g/mol. The third-order valence-electron chi connectivity index (χ3n) is 1.25. The second-order valence-corrected chi connectivity index (χ2v) is 2.74. The van der Waals surface area contributed by atoms with Crippen LogP contribution in [-0.2, 0) is 0 Å². The fourth-order valence-corrected chi connectivity index (χ4v) is 0.804. The molecule has 0 aliphatic rings. The summed E-state index contributed by atoms with van der Waals surface area (Å²) in [5.74, 6) is -0.450. The molecule has 0 saturated carbocycles. The Balaban J connectivity index is 2.98. The van der Waals surface area contributed by atoms with Crippen molar-refractivity contribution in [2.75, 3.05) is 0 Å². The van der Waals surface area contributed by atoms with E-state index >= 15 is 0 Å². The Bertz CT molecular complexity index is 312. The predicted molar refractivity (Wildman–Crippen MR) is 46.3 cm³/mol. The van der Waals surface area contributed by atoms with E-state index in [1.807, 2.05) is 13.8 Å². The van der Waals surface area contributed by atoms with E-state index in [9.17, 15) is 4.79 Å². The number of primary amides is 1. The summed E-state index contributed by atoms with van der Waals surface area (Å²) in [4.78, 5) is 18.5. The van der Waals surface area contributed by atoms with E-state index in [-0.39, 0.29) is 17.7 Å². The maximum Gasteiger partial charge on any atom is 0.272 e. The molecule has 1 rings (SSSR count). The summed E-state index contributed by atoms with van der Waals surface area (Å²) in [7, 11) is 0. The molecular weight excluding hydrogens is 170 g/mol. The SMILES string of the molecule is CC(C)Oc1nccnc1C(N)=O. The molecule has 70 valence electrons. The number of nitrogens with two attached hydrogens (primary N) is 1. The minimum Gasteiger partial charge on any atom is -0.473 e. The molecule has 5 nitrogen and oxygen atoms in total. The summed E-state index contributed by atoms with van der Waals surface area (Å²) in [6.45, 7) is 3.67. The molecule has 0 atom stereocenters. The Morgan fingerprint density at radius 2 is 2.08 bits per heavy atom. The van der Waals surface area contributed by atoms with Gasteiger partial charge in [0.25, 0.3) is 5.91 Å². The number of ether oxygens (including phenoxy) is 1. The number of hydrogen-bond acceptors (Lipinski definition) is 4. The van der Waals surface area contributed by atoms with Crippen molar-refractivity contribution in [1.29, 1.82) is 0 Å². The molecule has 2 N–H and O–H groups in total. The highest BCUT2D eigenvalue weighted by Gasteiger charge is 2.12. The summed E-state index contributed by atoms with van der Waals surface area (Å²) < 4.78 is 5.23. The smallest absolute Gasteiger partial charge is 0.272 e. The molecule has 0 saturated heterocycles. The fourth-order valence-electron chi connectivity index (χ4n) is 0.804. The van der Waals surface area contributed by atoms with E-state index in [0.29, 0.717) is 0 Å². The number of hydrogen-bond donors (Lipinski definition) is 1. The van der Waals surface area contributed by atoms with Crippen molar-refractivity contribution in [3.05, 3.63) is 18.1 Å². The number of aromatic nitrogens is 2. The molecule has 5 heteroatoms. The molecule has 0 fully saturated rings. The zero-order valence-electron chi connectivity index (χ0n) is 7.52. The number of carbonyl (C=O) groups is 1. The van der Waals surface area contributed by atoms with Crippen molar-refractivity contribution in [3.8, 4) is 5.88 Å². The molecule has 1 amide bonds. The predicted octanol–water partition coefficient (Wildman–Crippen LogP) is 0.363. The summed E-state index contributed by atoms with van der Waals surface area (Å²) in [6.07, 6.45) is 2.78. The first-order valence-corrected chi connectivity index (χ1v) is 3.88. The molecule has 0 aromatic carbocycles. The van der Waals surface area contributed by atoms with Gasteiger partial charge in [0.05, 0.1) is 6.10 Å². The van der Waals surface area contributed by atoms with Crippen LogP contribution in [0.15, 0.2) is 12.4 Å². The van der Waals surface area contributed by atoms with Gasteiger partial charge in [-0.3, -0.25) is 4.79 Å². The van der Waals surface area contributed by atoms with Gasteiger partial charge < -0.3 is 10.5 Å². The van der Waals surface area contributed by atoms with Crippen LogP contribution in [0.1, 0.15) is 24.3 Å². The zero-order chi connectivity index (χ0) is 9.84. The molecule has 1 heterocycles. The average Bonchev–Trinajstić information content (AvgIpc) is 2.03. The van der Waals surface area contributed by atoms with Crippen molar-refractivity contribution < 1.29 is 9.53 Å². The van der Waals surface area contributed by atoms with Crippen LogP contribution < -0.4 is 10.5 Å². The van der Waals surface area contributed by atoms with Crippen molar-refractivity contribution in [1.82, 2.24) is 9.97 Å². The van der Waals surface area contributed by atoms with E-state index in [1.54, 1.807) is 0 Å². The number of amides is 1. The van der Waals surface area contributed by atoms with E-state index in [2.05, 4.69) is 9.97 Å². The van der Waals surface area contributed by atoms with Crippen LogP contribution in [0.25, 0.3) is 0 Å². The lowest BCUT2D eigenvalue weighted by atomic mass is 10.4. The summed E-state index contributed by atoms with van der Waals surface area (Å²) in [6, 6.07) is 0. The molecule has 0 bridgehead atoms. The lowest BCUT2D eigenvalue weighted by Crippen LogP contribution is -2.18. The van der Waals surface area contributed by atoms with Gasteiger partial charge in [-0.05, 0) is 13.8 Å². The second-order valence-electron chi connectivity index (χ2n) is 2.74. The molecule has 0 radical (unpaired) electrons. The first-order valence-electron chi connectivity index (χ1n) is 3.88. The van der Waals surface area contributed by atoms with Crippen molar-refractivity contribution in [2.45, 2.75) is 20.0 Å². The normalized spacial score (nSPS) is 10.1.